The van der Waals surface area contributed by atoms with Crippen molar-refractivity contribution in [2.45, 2.75) is 51.0 Å². The summed E-state index contributed by atoms with van der Waals surface area (Å²) in [4.78, 5) is 5.06. The van der Waals surface area contributed by atoms with Crippen molar-refractivity contribution in [2.75, 3.05) is 13.1 Å². The summed E-state index contributed by atoms with van der Waals surface area (Å²) in [6.45, 7) is 7.09. The van der Waals surface area contributed by atoms with Crippen LogP contribution in [0.15, 0.2) is 24.3 Å². The Morgan fingerprint density at radius 2 is 2.00 bits per heavy atom. The van der Waals surface area contributed by atoms with E-state index in [0.29, 0.717) is 12.0 Å². The SMILES string of the molecule is CC(C)(c1nc2ccccc2n1C1CC1)C1CCCNC1. The summed E-state index contributed by atoms with van der Waals surface area (Å²) in [6, 6.07) is 9.32. The molecule has 2 fully saturated rings. The van der Waals surface area contributed by atoms with Gasteiger partial charge in [0, 0.05) is 11.5 Å². The summed E-state index contributed by atoms with van der Waals surface area (Å²) in [5.74, 6) is 1.99. The summed E-state index contributed by atoms with van der Waals surface area (Å²) in [7, 11) is 0. The minimum atomic E-state index is 0.134. The highest BCUT2D eigenvalue weighted by atomic mass is 15.1. The number of piperidine rings is 1. The molecule has 4 rings (SSSR count). The van der Waals surface area contributed by atoms with Crippen LogP contribution in [0, 0.1) is 5.92 Å². The average molecular weight is 283 g/mol. The number of nitrogens with one attached hydrogen (secondary N) is 1. The van der Waals surface area contributed by atoms with E-state index in [1.807, 2.05) is 0 Å². The molecule has 2 aliphatic rings. The van der Waals surface area contributed by atoms with E-state index in [0.717, 1.165) is 12.1 Å². The van der Waals surface area contributed by atoms with Crippen LogP contribution >= 0.6 is 0 Å². The lowest BCUT2D eigenvalue weighted by molar-refractivity contribution is 0.236. The van der Waals surface area contributed by atoms with Gasteiger partial charge in [0.1, 0.15) is 5.82 Å². The highest BCUT2D eigenvalue weighted by molar-refractivity contribution is 5.76. The van der Waals surface area contributed by atoms with Crippen molar-refractivity contribution in [2.24, 2.45) is 5.92 Å². The van der Waals surface area contributed by atoms with Crippen LogP contribution in [0.5, 0.6) is 0 Å². The van der Waals surface area contributed by atoms with Gasteiger partial charge < -0.3 is 9.88 Å². The van der Waals surface area contributed by atoms with Gasteiger partial charge in [-0.15, -0.1) is 0 Å². The van der Waals surface area contributed by atoms with Crippen molar-refractivity contribution in [3.05, 3.63) is 30.1 Å². The zero-order valence-electron chi connectivity index (χ0n) is 13.1. The molecule has 1 unspecified atom stereocenters. The summed E-state index contributed by atoms with van der Waals surface area (Å²) in [5.41, 5.74) is 2.62. The molecule has 1 aromatic carbocycles. The van der Waals surface area contributed by atoms with Crippen LogP contribution in [-0.4, -0.2) is 22.6 Å². The Morgan fingerprint density at radius 3 is 2.71 bits per heavy atom. The number of aromatic nitrogens is 2. The average Bonchev–Trinajstić information content (AvgIpc) is 3.27. The van der Waals surface area contributed by atoms with Crippen LogP contribution in [0.4, 0.5) is 0 Å². The summed E-state index contributed by atoms with van der Waals surface area (Å²) in [5, 5.41) is 3.57. The van der Waals surface area contributed by atoms with Gasteiger partial charge in [-0.05, 0) is 56.8 Å². The molecule has 3 heteroatoms. The maximum atomic E-state index is 5.06. The van der Waals surface area contributed by atoms with E-state index in [2.05, 4.69) is 48.0 Å². The van der Waals surface area contributed by atoms with Gasteiger partial charge in [0.2, 0.25) is 0 Å². The number of imidazole rings is 1. The highest BCUT2D eigenvalue weighted by Crippen LogP contribution is 2.44. The van der Waals surface area contributed by atoms with E-state index < -0.39 is 0 Å². The second-order valence-corrected chi connectivity index (χ2v) is 7.29. The first kappa shape index (κ1) is 13.3. The Bertz CT molecular complexity index is 646. The standard InChI is InChI=1S/C18H25N3/c1-18(2,13-6-5-11-19-12-13)17-20-15-7-3-4-8-16(15)21(17)14-9-10-14/h3-4,7-8,13-14,19H,5-6,9-12H2,1-2H3. The molecular weight excluding hydrogens is 258 g/mol. The predicted octanol–water partition coefficient (Wildman–Crippen LogP) is 3.65. The quantitative estimate of drug-likeness (QED) is 0.932. The first-order chi connectivity index (χ1) is 10.2. The molecule has 0 spiro atoms. The van der Waals surface area contributed by atoms with E-state index in [-0.39, 0.29) is 5.41 Å². The fourth-order valence-corrected chi connectivity index (χ4v) is 3.85. The molecule has 1 aliphatic carbocycles. The first-order valence-electron chi connectivity index (χ1n) is 8.36. The molecule has 112 valence electrons. The molecular formula is C18H25N3. The van der Waals surface area contributed by atoms with Gasteiger partial charge in [-0.3, -0.25) is 0 Å². The molecule has 1 saturated heterocycles. The van der Waals surface area contributed by atoms with Crippen LogP contribution in [0.25, 0.3) is 11.0 Å². The number of fused-ring (bicyclic) bond motifs is 1. The Kier molecular flexibility index (Phi) is 3.07. The third-order valence-electron chi connectivity index (χ3n) is 5.40. The Hall–Kier alpha value is -1.35. The van der Waals surface area contributed by atoms with E-state index in [9.17, 15) is 0 Å². The van der Waals surface area contributed by atoms with E-state index in [4.69, 9.17) is 4.98 Å². The number of para-hydroxylation sites is 2. The van der Waals surface area contributed by atoms with E-state index in [1.54, 1.807) is 0 Å². The molecule has 0 amide bonds. The number of rotatable bonds is 3. The summed E-state index contributed by atoms with van der Waals surface area (Å²) >= 11 is 0. The maximum absolute atomic E-state index is 5.06. The normalized spacial score (nSPS) is 23.6. The van der Waals surface area contributed by atoms with Crippen molar-refractivity contribution in [3.8, 4) is 0 Å². The number of hydrogen-bond donors (Lipinski definition) is 1. The minimum absolute atomic E-state index is 0.134. The molecule has 2 heterocycles. The van der Waals surface area contributed by atoms with Gasteiger partial charge >= 0.3 is 0 Å². The van der Waals surface area contributed by atoms with Gasteiger partial charge in [-0.1, -0.05) is 26.0 Å². The molecule has 1 saturated carbocycles. The van der Waals surface area contributed by atoms with Crippen molar-refractivity contribution < 1.29 is 0 Å². The number of nitrogens with zero attached hydrogens (tertiary/aromatic N) is 2. The predicted molar refractivity (Wildman–Crippen MR) is 86.6 cm³/mol. The summed E-state index contributed by atoms with van der Waals surface area (Å²) < 4.78 is 2.55. The lowest BCUT2D eigenvalue weighted by atomic mass is 9.74. The number of hydrogen-bond acceptors (Lipinski definition) is 2. The monoisotopic (exact) mass is 283 g/mol. The van der Waals surface area contributed by atoms with E-state index >= 15 is 0 Å². The maximum Gasteiger partial charge on any atom is 0.116 e. The van der Waals surface area contributed by atoms with Crippen molar-refractivity contribution in [1.29, 1.82) is 0 Å². The fraction of sp³-hybridized carbons (Fsp3) is 0.611. The smallest absolute Gasteiger partial charge is 0.116 e. The van der Waals surface area contributed by atoms with Gasteiger partial charge in [-0.25, -0.2) is 4.98 Å². The molecule has 1 aromatic heterocycles. The van der Waals surface area contributed by atoms with Crippen LogP contribution in [0.1, 0.15) is 51.4 Å². The van der Waals surface area contributed by atoms with Crippen LogP contribution in [0.2, 0.25) is 0 Å². The van der Waals surface area contributed by atoms with Gasteiger partial charge in [0.15, 0.2) is 0 Å². The molecule has 0 radical (unpaired) electrons. The zero-order chi connectivity index (χ0) is 14.4. The molecule has 21 heavy (non-hydrogen) atoms. The minimum Gasteiger partial charge on any atom is -0.324 e. The van der Waals surface area contributed by atoms with Gasteiger partial charge in [0.05, 0.1) is 11.0 Å². The fourth-order valence-electron chi connectivity index (χ4n) is 3.85. The Balaban J connectivity index is 1.82. The Morgan fingerprint density at radius 1 is 1.19 bits per heavy atom. The highest BCUT2D eigenvalue weighted by Gasteiger charge is 2.39. The second-order valence-electron chi connectivity index (χ2n) is 7.29. The third kappa shape index (κ3) is 2.18. The lowest BCUT2D eigenvalue weighted by Crippen LogP contribution is -2.42. The molecule has 1 N–H and O–H groups in total. The number of benzene rings is 1. The van der Waals surface area contributed by atoms with E-state index in [1.165, 1.54) is 43.6 Å². The molecule has 1 aliphatic heterocycles. The van der Waals surface area contributed by atoms with Gasteiger partial charge in [-0.2, -0.15) is 0 Å². The lowest BCUT2D eigenvalue weighted by Gasteiger charge is -2.37. The molecule has 2 aromatic rings. The summed E-state index contributed by atoms with van der Waals surface area (Å²) in [6.07, 6.45) is 5.23. The third-order valence-corrected chi connectivity index (χ3v) is 5.40. The van der Waals surface area contributed by atoms with Crippen molar-refractivity contribution in [1.82, 2.24) is 14.9 Å². The van der Waals surface area contributed by atoms with Crippen molar-refractivity contribution in [3.63, 3.8) is 0 Å². The topological polar surface area (TPSA) is 29.9 Å². The Labute approximate surface area is 126 Å². The first-order valence-corrected chi connectivity index (χ1v) is 8.36. The van der Waals surface area contributed by atoms with Gasteiger partial charge in [0.25, 0.3) is 0 Å². The molecule has 1 atom stereocenters. The van der Waals surface area contributed by atoms with Crippen molar-refractivity contribution >= 4 is 11.0 Å². The molecule has 3 nitrogen and oxygen atoms in total. The molecule has 0 bridgehead atoms. The zero-order valence-corrected chi connectivity index (χ0v) is 13.1. The van der Waals surface area contributed by atoms with Crippen LogP contribution in [-0.2, 0) is 5.41 Å². The van der Waals surface area contributed by atoms with Crippen LogP contribution in [0.3, 0.4) is 0 Å². The second kappa shape index (κ2) is 4.84. The van der Waals surface area contributed by atoms with Crippen LogP contribution < -0.4 is 5.32 Å². The largest absolute Gasteiger partial charge is 0.324 e.